The number of benzene rings is 2. The Morgan fingerprint density at radius 2 is 1.00 bits per heavy atom. The third-order valence-electron chi connectivity index (χ3n) is 10.5. The van der Waals surface area contributed by atoms with Crippen LogP contribution in [0.1, 0.15) is 82.3 Å². The minimum atomic E-state index is -0.859. The molecule has 13 nitrogen and oxygen atoms in total. The van der Waals surface area contributed by atoms with Crippen molar-refractivity contribution in [2.75, 3.05) is 88.6 Å². The molecule has 0 aliphatic carbocycles. The predicted octanol–water partition coefficient (Wildman–Crippen LogP) is 5.24. The van der Waals surface area contributed by atoms with Crippen LogP contribution < -0.4 is 20.7 Å². The van der Waals surface area contributed by atoms with Crippen LogP contribution in [0.25, 0.3) is 21.9 Å². The van der Waals surface area contributed by atoms with Crippen molar-refractivity contribution in [3.8, 4) is 0 Å². The number of hydrogen-bond acceptors (Lipinski definition) is 11. The molecule has 2 unspecified atom stereocenters. The van der Waals surface area contributed by atoms with Crippen molar-refractivity contribution in [1.29, 1.82) is 0 Å². The largest absolute Gasteiger partial charge is 0.440 e. The van der Waals surface area contributed by atoms with Gasteiger partial charge in [0.15, 0.2) is 22.6 Å². The summed E-state index contributed by atoms with van der Waals surface area (Å²) in [5.41, 5.74) is 2.82. The van der Waals surface area contributed by atoms with Crippen molar-refractivity contribution in [2.24, 2.45) is 0 Å². The van der Waals surface area contributed by atoms with E-state index >= 15 is 0 Å². The van der Waals surface area contributed by atoms with Crippen LogP contribution in [0.4, 0.5) is 11.8 Å². The highest BCUT2D eigenvalue weighted by Gasteiger charge is 2.26. The van der Waals surface area contributed by atoms with E-state index in [1.165, 1.54) is 12.1 Å². The van der Waals surface area contributed by atoms with E-state index < -0.39 is 6.10 Å². The van der Waals surface area contributed by atoms with Crippen LogP contribution in [0, 0.1) is 0 Å². The summed E-state index contributed by atoms with van der Waals surface area (Å²) in [7, 11) is 0. The fourth-order valence-corrected chi connectivity index (χ4v) is 7.82. The number of aliphatic hydroxyl groups is 1. The van der Waals surface area contributed by atoms with Gasteiger partial charge in [0.2, 0.25) is 0 Å². The number of ether oxygens (including phenoxy) is 2. The Bertz CT molecular complexity index is 1970. The maximum absolute atomic E-state index is 12.9. The van der Waals surface area contributed by atoms with E-state index in [4.69, 9.17) is 18.3 Å². The van der Waals surface area contributed by atoms with Crippen molar-refractivity contribution in [3.63, 3.8) is 0 Å². The Balaban J connectivity index is 0.000000167. The van der Waals surface area contributed by atoms with Crippen LogP contribution in [-0.2, 0) is 9.47 Å². The van der Waals surface area contributed by atoms with E-state index in [-0.39, 0.29) is 27.5 Å². The van der Waals surface area contributed by atoms with Crippen LogP contribution in [0.3, 0.4) is 0 Å². The van der Waals surface area contributed by atoms with Gasteiger partial charge in [0, 0.05) is 91.6 Å². The number of nitrogens with zero attached hydrogens (tertiary/aromatic N) is 4. The first-order chi connectivity index (χ1) is 26.1. The van der Waals surface area contributed by atoms with Gasteiger partial charge in [-0.3, -0.25) is 19.2 Å². The Morgan fingerprint density at radius 1 is 0.611 bits per heavy atom. The molecule has 4 aliphatic rings. The van der Waals surface area contributed by atoms with Crippen molar-refractivity contribution >= 4 is 61.5 Å². The van der Waals surface area contributed by atoms with E-state index in [0.717, 1.165) is 57.4 Å². The van der Waals surface area contributed by atoms with Crippen LogP contribution in [-0.4, -0.2) is 106 Å². The smallest absolute Gasteiger partial charge is 0.253 e. The number of hydrogen-bond donors (Lipinski definition) is 1. The lowest BCUT2D eigenvalue weighted by Gasteiger charge is -2.27. The van der Waals surface area contributed by atoms with E-state index in [2.05, 4.69) is 15.9 Å². The molecule has 2 amide bonds. The van der Waals surface area contributed by atoms with E-state index in [9.17, 15) is 24.3 Å². The van der Waals surface area contributed by atoms with Gasteiger partial charge in [0.1, 0.15) is 11.2 Å². The molecule has 4 aromatic rings. The summed E-state index contributed by atoms with van der Waals surface area (Å²) in [5.74, 6) is 0.911. The highest BCUT2D eigenvalue weighted by atomic mass is 79.9. The average molecular weight is 808 g/mol. The van der Waals surface area contributed by atoms with Gasteiger partial charge >= 0.3 is 0 Å². The summed E-state index contributed by atoms with van der Waals surface area (Å²) in [6.07, 6.45) is 3.20. The SMILES string of the molecule is CC(Br)c1cc(C(=O)N2CCCC2)cc2c(=O)cc(N3CCOCC3)oc12.CC(O)c1cc(C(=O)N2CCCC2)cc2c(=O)cc(N3CCOCC3)oc12. The Morgan fingerprint density at radius 3 is 1.39 bits per heavy atom. The van der Waals surface area contributed by atoms with Crippen molar-refractivity contribution in [3.05, 3.63) is 79.1 Å². The molecule has 54 heavy (non-hydrogen) atoms. The molecule has 4 aliphatic heterocycles. The molecule has 0 spiro atoms. The zero-order valence-electron chi connectivity index (χ0n) is 30.8. The summed E-state index contributed by atoms with van der Waals surface area (Å²) >= 11 is 3.60. The zero-order valence-corrected chi connectivity index (χ0v) is 32.4. The Hall–Kier alpha value is -4.24. The first kappa shape index (κ1) is 38.1. The summed E-state index contributed by atoms with van der Waals surface area (Å²) in [6, 6.07) is 9.78. The molecule has 2 aromatic heterocycles. The quantitative estimate of drug-likeness (QED) is 0.256. The van der Waals surface area contributed by atoms with Crippen molar-refractivity contribution < 1.29 is 33.0 Å². The number of anilines is 2. The second-order valence-corrected chi connectivity index (χ2v) is 15.6. The number of rotatable bonds is 6. The van der Waals surface area contributed by atoms with E-state index in [1.807, 2.05) is 27.7 Å². The highest BCUT2D eigenvalue weighted by molar-refractivity contribution is 9.09. The van der Waals surface area contributed by atoms with Crippen LogP contribution in [0.5, 0.6) is 0 Å². The first-order valence-corrected chi connectivity index (χ1v) is 19.8. The molecule has 8 rings (SSSR count). The fraction of sp³-hybridized carbons (Fsp3) is 0.500. The van der Waals surface area contributed by atoms with Gasteiger partial charge in [-0.2, -0.15) is 0 Å². The fourth-order valence-electron chi connectivity index (χ4n) is 7.48. The van der Waals surface area contributed by atoms with E-state index in [1.54, 1.807) is 30.0 Å². The first-order valence-electron chi connectivity index (χ1n) is 18.9. The molecule has 2 atom stereocenters. The van der Waals surface area contributed by atoms with Gasteiger partial charge in [-0.05, 0) is 63.8 Å². The van der Waals surface area contributed by atoms with Crippen LogP contribution >= 0.6 is 15.9 Å². The molecule has 2 aromatic carbocycles. The standard InChI is InChI=1S/C20H23BrN2O4.C20H24N2O5/c1-13(21)15-10-14(20(25)23-4-2-3-5-23)11-16-17(24)12-18(27-19(15)16)22-6-8-26-9-7-22;1-13(23)15-10-14(20(25)22-4-2-3-5-22)11-16-17(24)12-18(27-19(15)16)21-6-8-26-9-7-21/h10-13H,2-9H2,1H3;10-13,23H,2-9H2,1H3. The number of amides is 2. The third-order valence-corrected chi connectivity index (χ3v) is 11.0. The molecular weight excluding hydrogens is 760 g/mol. The van der Waals surface area contributed by atoms with Gasteiger partial charge in [-0.15, -0.1) is 0 Å². The minimum absolute atomic E-state index is 0.0135. The van der Waals surface area contributed by atoms with E-state index in [0.29, 0.717) is 103 Å². The molecule has 1 N–H and O–H groups in total. The maximum atomic E-state index is 12.9. The zero-order chi connectivity index (χ0) is 37.9. The Labute approximate surface area is 321 Å². The third kappa shape index (κ3) is 8.07. The number of carbonyl (C=O) groups is 2. The van der Waals surface area contributed by atoms with Crippen molar-refractivity contribution in [1.82, 2.24) is 9.80 Å². The number of alkyl halides is 1. The lowest BCUT2D eigenvalue weighted by molar-refractivity contribution is 0.0785. The highest BCUT2D eigenvalue weighted by Crippen LogP contribution is 2.33. The number of halogens is 1. The van der Waals surface area contributed by atoms with Gasteiger partial charge in [-0.1, -0.05) is 15.9 Å². The lowest BCUT2D eigenvalue weighted by Crippen LogP contribution is -2.36. The normalized spacial score (nSPS) is 18.9. The van der Waals surface area contributed by atoms with Gasteiger partial charge < -0.3 is 43.0 Å². The summed E-state index contributed by atoms with van der Waals surface area (Å²) in [5, 5.41) is 11.0. The van der Waals surface area contributed by atoms with Crippen molar-refractivity contribution in [2.45, 2.75) is 50.5 Å². The molecule has 4 saturated heterocycles. The molecule has 0 bridgehead atoms. The number of fused-ring (bicyclic) bond motifs is 2. The summed E-state index contributed by atoms with van der Waals surface area (Å²) in [4.78, 5) is 58.8. The average Bonchev–Trinajstić information content (AvgIpc) is 3.94. The van der Waals surface area contributed by atoms with Crippen LogP contribution in [0.15, 0.2) is 54.8 Å². The number of morpholine rings is 2. The second-order valence-electron chi connectivity index (χ2n) is 14.3. The predicted molar refractivity (Wildman–Crippen MR) is 209 cm³/mol. The topological polar surface area (TPSA) is 146 Å². The molecule has 6 heterocycles. The summed E-state index contributed by atoms with van der Waals surface area (Å²) in [6.45, 7) is 11.7. The molecule has 0 radical (unpaired) electrons. The molecule has 4 fully saturated rings. The lowest BCUT2D eigenvalue weighted by atomic mass is 10.0. The van der Waals surface area contributed by atoms with Gasteiger partial charge in [-0.25, -0.2) is 0 Å². The molecule has 0 saturated carbocycles. The second kappa shape index (κ2) is 16.6. The molecule has 288 valence electrons. The minimum Gasteiger partial charge on any atom is -0.440 e. The molecular formula is C40H47BrN4O9. The number of carbonyl (C=O) groups excluding carboxylic acids is 2. The maximum Gasteiger partial charge on any atom is 0.253 e. The number of aliphatic hydroxyl groups excluding tert-OH is 1. The summed E-state index contributed by atoms with van der Waals surface area (Å²) < 4.78 is 22.9. The molecule has 14 heteroatoms. The van der Waals surface area contributed by atoms with Gasteiger partial charge in [0.25, 0.3) is 11.8 Å². The Kier molecular flexibility index (Phi) is 11.7. The monoisotopic (exact) mass is 806 g/mol. The van der Waals surface area contributed by atoms with Crippen LogP contribution in [0.2, 0.25) is 0 Å². The number of likely N-dealkylation sites (tertiary alicyclic amines) is 2. The van der Waals surface area contributed by atoms with Gasteiger partial charge in [0.05, 0.1) is 43.3 Å².